The summed E-state index contributed by atoms with van der Waals surface area (Å²) < 4.78 is 11.3. The third-order valence-corrected chi connectivity index (χ3v) is 6.13. The molecule has 6 nitrogen and oxygen atoms in total. The predicted octanol–water partition coefficient (Wildman–Crippen LogP) is 4.73. The molecule has 0 saturated carbocycles. The molecule has 7 heteroatoms. The standard InChI is InChI=1S/C26H20ClNO5/c1-32-18-9-5-8-16(12-18)23-22-24(30)19-13-17(27)10-11-21(19)33-25(22)26(31)28(23)14-20(29)15-6-3-2-4-7-15/h2-13,20,23,29H,14H2,1H3/t20-,23-/m0/s1. The molecule has 0 aliphatic carbocycles. The SMILES string of the molecule is COc1cccc([C@H]2c3c(oc4ccc(Cl)cc4c3=O)C(=O)N2C[C@H](O)c2ccccc2)c1. The Balaban J connectivity index is 1.69. The van der Waals surface area contributed by atoms with Crippen LogP contribution in [0, 0.1) is 0 Å². The lowest BCUT2D eigenvalue weighted by molar-refractivity contribution is 0.0583. The lowest BCUT2D eigenvalue weighted by Crippen LogP contribution is -2.33. The van der Waals surface area contributed by atoms with Crippen LogP contribution in [0.4, 0.5) is 0 Å². The van der Waals surface area contributed by atoms with Crippen molar-refractivity contribution in [1.29, 1.82) is 0 Å². The van der Waals surface area contributed by atoms with Gasteiger partial charge in [-0.1, -0.05) is 54.1 Å². The molecule has 4 aromatic rings. The molecule has 0 fully saturated rings. The molecule has 1 aliphatic rings. The van der Waals surface area contributed by atoms with E-state index in [0.29, 0.717) is 27.3 Å². The van der Waals surface area contributed by atoms with Gasteiger partial charge in [-0.05, 0) is 41.5 Å². The Bertz CT molecular complexity index is 1420. The first-order valence-corrected chi connectivity index (χ1v) is 10.8. The van der Waals surface area contributed by atoms with Crippen molar-refractivity contribution in [1.82, 2.24) is 4.90 Å². The molecule has 2 heterocycles. The van der Waals surface area contributed by atoms with Crippen LogP contribution < -0.4 is 10.2 Å². The molecule has 33 heavy (non-hydrogen) atoms. The minimum atomic E-state index is -0.948. The Morgan fingerprint density at radius 2 is 1.85 bits per heavy atom. The van der Waals surface area contributed by atoms with Crippen molar-refractivity contribution < 1.29 is 19.1 Å². The number of β-amino-alcohol motifs (C(OH)–C–C–N with tert-alkyl or cyclic N) is 1. The normalized spacial score (nSPS) is 16.2. The topological polar surface area (TPSA) is 80.0 Å². The van der Waals surface area contributed by atoms with Gasteiger partial charge in [-0.15, -0.1) is 0 Å². The summed E-state index contributed by atoms with van der Waals surface area (Å²) in [5.74, 6) is 0.106. The average molecular weight is 462 g/mol. The number of hydrogen-bond acceptors (Lipinski definition) is 5. The molecule has 1 aliphatic heterocycles. The van der Waals surface area contributed by atoms with Crippen molar-refractivity contribution in [3.05, 3.63) is 110 Å². The van der Waals surface area contributed by atoms with Crippen LogP contribution in [0.5, 0.6) is 5.75 Å². The van der Waals surface area contributed by atoms with Gasteiger partial charge in [-0.2, -0.15) is 0 Å². The minimum Gasteiger partial charge on any atom is -0.497 e. The van der Waals surface area contributed by atoms with E-state index in [1.54, 1.807) is 49.6 Å². The van der Waals surface area contributed by atoms with Crippen molar-refractivity contribution in [3.63, 3.8) is 0 Å². The third kappa shape index (κ3) is 3.67. The summed E-state index contributed by atoms with van der Waals surface area (Å²) in [4.78, 5) is 28.5. The minimum absolute atomic E-state index is 0.0224. The second kappa shape index (κ2) is 8.39. The molecule has 0 spiro atoms. The van der Waals surface area contributed by atoms with Gasteiger partial charge in [0.05, 0.1) is 36.8 Å². The fraction of sp³-hybridized carbons (Fsp3) is 0.154. The largest absolute Gasteiger partial charge is 0.497 e. The predicted molar refractivity (Wildman–Crippen MR) is 125 cm³/mol. The fourth-order valence-electron chi connectivity index (χ4n) is 4.31. The summed E-state index contributed by atoms with van der Waals surface area (Å²) in [6, 6.07) is 20.2. The van der Waals surface area contributed by atoms with Gasteiger partial charge in [-0.25, -0.2) is 0 Å². The number of benzene rings is 3. The van der Waals surface area contributed by atoms with Gasteiger partial charge in [0, 0.05) is 5.02 Å². The van der Waals surface area contributed by atoms with Gasteiger partial charge < -0.3 is 19.2 Å². The molecule has 166 valence electrons. The maximum atomic E-state index is 13.6. The first-order valence-electron chi connectivity index (χ1n) is 10.4. The van der Waals surface area contributed by atoms with Gasteiger partial charge in [0.1, 0.15) is 11.3 Å². The molecule has 0 saturated heterocycles. The highest BCUT2D eigenvalue weighted by Gasteiger charge is 2.43. The number of fused-ring (bicyclic) bond motifs is 2. The van der Waals surface area contributed by atoms with Crippen LogP contribution in [0.15, 0.2) is 82.0 Å². The number of nitrogens with zero attached hydrogens (tertiary/aromatic N) is 1. The van der Waals surface area contributed by atoms with Crippen molar-refractivity contribution in [2.24, 2.45) is 0 Å². The van der Waals surface area contributed by atoms with Crippen LogP contribution in [-0.4, -0.2) is 29.6 Å². The van der Waals surface area contributed by atoms with Crippen LogP contribution in [0.2, 0.25) is 5.02 Å². The van der Waals surface area contributed by atoms with Crippen LogP contribution in [0.3, 0.4) is 0 Å². The van der Waals surface area contributed by atoms with E-state index in [-0.39, 0.29) is 28.9 Å². The zero-order valence-electron chi connectivity index (χ0n) is 17.7. The Labute approximate surface area is 194 Å². The van der Waals surface area contributed by atoms with Crippen LogP contribution >= 0.6 is 11.6 Å². The summed E-state index contributed by atoms with van der Waals surface area (Å²) in [6.45, 7) is -0.0224. The maximum Gasteiger partial charge on any atom is 0.291 e. The number of rotatable bonds is 5. The Morgan fingerprint density at radius 3 is 2.61 bits per heavy atom. The summed E-state index contributed by atoms with van der Waals surface area (Å²) in [6.07, 6.45) is -0.948. The zero-order valence-corrected chi connectivity index (χ0v) is 18.5. The summed E-state index contributed by atoms with van der Waals surface area (Å²) in [7, 11) is 1.55. The van der Waals surface area contributed by atoms with E-state index in [4.69, 9.17) is 20.8 Å². The number of halogens is 1. The number of methoxy groups -OCH3 is 1. The van der Waals surface area contributed by atoms with E-state index in [9.17, 15) is 14.7 Å². The molecule has 0 radical (unpaired) electrons. The van der Waals surface area contributed by atoms with E-state index in [1.165, 1.54) is 11.0 Å². The van der Waals surface area contributed by atoms with Crippen molar-refractivity contribution >= 4 is 28.5 Å². The van der Waals surface area contributed by atoms with E-state index < -0.39 is 18.1 Å². The van der Waals surface area contributed by atoms with Gasteiger partial charge in [0.2, 0.25) is 5.76 Å². The smallest absolute Gasteiger partial charge is 0.291 e. The fourth-order valence-corrected chi connectivity index (χ4v) is 4.48. The summed E-state index contributed by atoms with van der Waals surface area (Å²) >= 11 is 6.12. The highest BCUT2D eigenvalue weighted by atomic mass is 35.5. The van der Waals surface area contributed by atoms with Gasteiger partial charge in [0.25, 0.3) is 5.91 Å². The van der Waals surface area contributed by atoms with Crippen molar-refractivity contribution in [3.8, 4) is 5.75 Å². The maximum absolute atomic E-state index is 13.6. The number of carbonyl (C=O) groups excluding carboxylic acids is 1. The lowest BCUT2D eigenvalue weighted by atomic mass is 9.98. The molecule has 3 aromatic carbocycles. The average Bonchev–Trinajstić information content (AvgIpc) is 3.12. The van der Waals surface area contributed by atoms with E-state index in [1.807, 2.05) is 24.3 Å². The number of hydrogen-bond donors (Lipinski definition) is 1. The number of ether oxygens (including phenoxy) is 1. The molecule has 5 rings (SSSR count). The second-order valence-electron chi connectivity index (χ2n) is 7.88. The Hall–Kier alpha value is -3.61. The summed E-state index contributed by atoms with van der Waals surface area (Å²) in [5.41, 5.74) is 1.53. The first kappa shape index (κ1) is 21.2. The molecule has 1 amide bonds. The van der Waals surface area contributed by atoms with Crippen LogP contribution in [0.25, 0.3) is 11.0 Å². The van der Waals surface area contributed by atoms with E-state index >= 15 is 0 Å². The number of aliphatic hydroxyl groups is 1. The van der Waals surface area contributed by atoms with E-state index in [0.717, 1.165) is 0 Å². The Kier molecular flexibility index (Phi) is 5.40. The highest BCUT2D eigenvalue weighted by molar-refractivity contribution is 6.31. The monoisotopic (exact) mass is 461 g/mol. The van der Waals surface area contributed by atoms with Gasteiger partial charge in [-0.3, -0.25) is 9.59 Å². The molecular formula is C26H20ClNO5. The lowest BCUT2D eigenvalue weighted by Gasteiger charge is -2.27. The van der Waals surface area contributed by atoms with Crippen LogP contribution in [-0.2, 0) is 0 Å². The molecule has 2 atom stereocenters. The molecule has 0 bridgehead atoms. The molecular weight excluding hydrogens is 442 g/mol. The van der Waals surface area contributed by atoms with Crippen LogP contribution in [0.1, 0.15) is 39.4 Å². The summed E-state index contributed by atoms with van der Waals surface area (Å²) in [5, 5.41) is 11.6. The third-order valence-electron chi connectivity index (χ3n) is 5.89. The zero-order chi connectivity index (χ0) is 23.1. The molecule has 0 unspecified atom stereocenters. The Morgan fingerprint density at radius 1 is 1.06 bits per heavy atom. The molecule has 1 N–H and O–H groups in total. The number of aliphatic hydroxyl groups excluding tert-OH is 1. The first-order chi connectivity index (χ1) is 16.0. The molecule has 1 aromatic heterocycles. The highest BCUT2D eigenvalue weighted by Crippen LogP contribution is 2.40. The van der Waals surface area contributed by atoms with Gasteiger partial charge >= 0.3 is 0 Å². The van der Waals surface area contributed by atoms with Crippen molar-refractivity contribution in [2.45, 2.75) is 12.1 Å². The second-order valence-corrected chi connectivity index (χ2v) is 8.31. The quantitative estimate of drug-likeness (QED) is 0.464. The van der Waals surface area contributed by atoms with Gasteiger partial charge in [0.15, 0.2) is 5.43 Å². The number of amides is 1. The van der Waals surface area contributed by atoms with Crippen molar-refractivity contribution in [2.75, 3.05) is 13.7 Å². The van der Waals surface area contributed by atoms with E-state index in [2.05, 4.69) is 0 Å². The number of carbonyl (C=O) groups is 1.